The first-order valence-electron chi connectivity index (χ1n) is 7.43. The fraction of sp³-hybridized carbons (Fsp3) is 0.375. The summed E-state index contributed by atoms with van der Waals surface area (Å²) >= 11 is 17.3. The Balaban J connectivity index is 1.88. The van der Waals surface area contributed by atoms with Gasteiger partial charge in [-0.25, -0.2) is 0 Å². The Morgan fingerprint density at radius 3 is 2.71 bits per heavy atom. The van der Waals surface area contributed by atoms with Gasteiger partial charge in [0.1, 0.15) is 11.1 Å². The molecule has 0 aromatic heterocycles. The average Bonchev–Trinajstić information content (AvgIpc) is 2.85. The number of aliphatic hydroxyl groups excluding tert-OH is 1. The molecule has 1 fully saturated rings. The van der Waals surface area contributed by atoms with Crippen molar-refractivity contribution in [2.24, 2.45) is 5.92 Å². The summed E-state index contributed by atoms with van der Waals surface area (Å²) in [6.45, 7) is 1.83. The molecule has 8 heteroatoms. The highest BCUT2D eigenvalue weighted by atomic mass is 35.5. The summed E-state index contributed by atoms with van der Waals surface area (Å²) in [5.41, 5.74) is 1.20. The van der Waals surface area contributed by atoms with Gasteiger partial charge in [0, 0.05) is 11.3 Å². The molecular weight excluding hydrogens is 389 g/mol. The SMILES string of the molecule is CC[C@H](O)[C@@H]1C(=O)N2C(C(=O)S)=C(Cc3ccc(Cl)c(Cl)c3)S[C@H]12. The molecular formula is C16H15Cl2NO3S2. The van der Waals surface area contributed by atoms with Crippen molar-refractivity contribution in [3.63, 3.8) is 0 Å². The van der Waals surface area contributed by atoms with E-state index in [0.29, 0.717) is 28.6 Å². The van der Waals surface area contributed by atoms with Crippen LogP contribution in [0.1, 0.15) is 18.9 Å². The van der Waals surface area contributed by atoms with E-state index in [0.717, 1.165) is 10.5 Å². The molecule has 0 saturated carbocycles. The third-order valence-corrected chi connectivity index (χ3v) is 6.55. The van der Waals surface area contributed by atoms with Crippen LogP contribution in [0.4, 0.5) is 0 Å². The van der Waals surface area contributed by atoms with Gasteiger partial charge in [-0.1, -0.05) is 48.8 Å². The summed E-state index contributed by atoms with van der Waals surface area (Å²) in [6, 6.07) is 5.28. The number of thioether (sulfide) groups is 1. The zero-order chi connectivity index (χ0) is 17.6. The minimum absolute atomic E-state index is 0.219. The molecule has 3 rings (SSSR count). The highest BCUT2D eigenvalue weighted by molar-refractivity contribution is 8.04. The number of carbonyl (C=O) groups excluding carboxylic acids is 2. The van der Waals surface area contributed by atoms with Crippen molar-refractivity contribution >= 4 is 58.6 Å². The number of thiol groups is 1. The summed E-state index contributed by atoms with van der Waals surface area (Å²) in [5.74, 6) is -0.697. The lowest BCUT2D eigenvalue weighted by Gasteiger charge is -2.44. The van der Waals surface area contributed by atoms with E-state index in [1.807, 2.05) is 13.0 Å². The molecule has 4 nitrogen and oxygen atoms in total. The van der Waals surface area contributed by atoms with Crippen molar-refractivity contribution < 1.29 is 14.7 Å². The number of hydrogen-bond donors (Lipinski definition) is 2. The van der Waals surface area contributed by atoms with Crippen molar-refractivity contribution in [3.8, 4) is 0 Å². The molecule has 1 amide bonds. The number of halogens is 2. The number of hydrogen-bond acceptors (Lipinski definition) is 4. The number of carbonyl (C=O) groups is 2. The Hall–Kier alpha value is -0.660. The van der Waals surface area contributed by atoms with Crippen LogP contribution in [0.25, 0.3) is 0 Å². The second-order valence-electron chi connectivity index (χ2n) is 5.72. The molecule has 1 aromatic carbocycles. The van der Waals surface area contributed by atoms with Crippen LogP contribution in [0.5, 0.6) is 0 Å². The van der Waals surface area contributed by atoms with Gasteiger partial charge >= 0.3 is 0 Å². The molecule has 24 heavy (non-hydrogen) atoms. The lowest BCUT2D eigenvalue weighted by Crippen LogP contribution is -2.61. The summed E-state index contributed by atoms with van der Waals surface area (Å²) < 4.78 is 0. The molecule has 0 bridgehead atoms. The first-order valence-corrected chi connectivity index (χ1v) is 9.51. The Morgan fingerprint density at radius 1 is 1.42 bits per heavy atom. The van der Waals surface area contributed by atoms with E-state index in [1.54, 1.807) is 12.1 Å². The number of nitrogens with zero attached hydrogens (tertiary/aromatic N) is 1. The number of allylic oxidation sites excluding steroid dienone is 1. The molecule has 1 aromatic rings. The average molecular weight is 404 g/mol. The number of benzene rings is 1. The highest BCUT2D eigenvalue weighted by Crippen LogP contribution is 2.51. The van der Waals surface area contributed by atoms with E-state index in [2.05, 4.69) is 12.6 Å². The van der Waals surface area contributed by atoms with Gasteiger partial charge in [0.05, 0.1) is 22.1 Å². The van der Waals surface area contributed by atoms with Crippen LogP contribution >= 0.6 is 47.6 Å². The summed E-state index contributed by atoms with van der Waals surface area (Å²) in [4.78, 5) is 26.5. The maximum absolute atomic E-state index is 12.3. The number of fused-ring (bicyclic) bond motifs is 1. The molecule has 0 unspecified atom stereocenters. The van der Waals surface area contributed by atoms with Crippen LogP contribution in [0, 0.1) is 5.92 Å². The highest BCUT2D eigenvalue weighted by Gasteiger charge is 2.57. The molecule has 2 aliphatic rings. The Bertz CT molecular complexity index is 753. The van der Waals surface area contributed by atoms with Crippen LogP contribution < -0.4 is 0 Å². The molecule has 3 atom stereocenters. The van der Waals surface area contributed by atoms with Crippen molar-refractivity contribution in [2.75, 3.05) is 0 Å². The van der Waals surface area contributed by atoms with Crippen molar-refractivity contribution in [2.45, 2.75) is 31.2 Å². The molecule has 0 aliphatic carbocycles. The van der Waals surface area contributed by atoms with Crippen LogP contribution in [0.2, 0.25) is 10.0 Å². The van der Waals surface area contributed by atoms with Gasteiger partial charge in [-0.15, -0.1) is 11.8 Å². The quantitative estimate of drug-likeness (QED) is 0.583. The minimum atomic E-state index is -0.702. The smallest absolute Gasteiger partial charge is 0.236 e. The lowest BCUT2D eigenvalue weighted by atomic mass is 9.90. The fourth-order valence-corrected chi connectivity index (χ4v) is 5.22. The van der Waals surface area contributed by atoms with E-state index in [-0.39, 0.29) is 11.3 Å². The number of amides is 1. The minimum Gasteiger partial charge on any atom is -0.392 e. The van der Waals surface area contributed by atoms with E-state index >= 15 is 0 Å². The summed E-state index contributed by atoms with van der Waals surface area (Å²) in [6.07, 6.45) is 0.248. The van der Waals surface area contributed by atoms with Gasteiger partial charge in [0.15, 0.2) is 0 Å². The van der Waals surface area contributed by atoms with Gasteiger partial charge in [0.25, 0.3) is 0 Å². The lowest BCUT2D eigenvalue weighted by molar-refractivity contribution is -0.154. The normalized spacial score (nSPS) is 24.0. The second-order valence-corrected chi connectivity index (χ2v) is 8.15. The van der Waals surface area contributed by atoms with Crippen molar-refractivity contribution in [1.29, 1.82) is 0 Å². The molecule has 1 N–H and O–H groups in total. The number of aliphatic hydroxyl groups is 1. The second kappa shape index (κ2) is 6.92. The maximum Gasteiger partial charge on any atom is 0.236 e. The largest absolute Gasteiger partial charge is 0.392 e. The Morgan fingerprint density at radius 2 is 2.12 bits per heavy atom. The van der Waals surface area contributed by atoms with E-state index in [9.17, 15) is 14.7 Å². The van der Waals surface area contributed by atoms with Gasteiger partial charge in [-0.05, 0) is 24.1 Å². The van der Waals surface area contributed by atoms with Gasteiger partial charge in [0.2, 0.25) is 11.0 Å². The van der Waals surface area contributed by atoms with Crippen molar-refractivity contribution in [1.82, 2.24) is 4.90 Å². The van der Waals surface area contributed by atoms with Crippen molar-refractivity contribution in [3.05, 3.63) is 44.4 Å². The first kappa shape index (κ1) is 18.1. The maximum atomic E-state index is 12.3. The van der Waals surface area contributed by atoms with Crippen LogP contribution in [-0.4, -0.2) is 32.5 Å². The van der Waals surface area contributed by atoms with Gasteiger partial charge < -0.3 is 5.11 Å². The molecule has 0 spiro atoms. The Labute approximate surface area is 159 Å². The monoisotopic (exact) mass is 403 g/mol. The van der Waals surface area contributed by atoms with Gasteiger partial charge in [-0.2, -0.15) is 0 Å². The fourth-order valence-electron chi connectivity index (χ4n) is 2.98. The van der Waals surface area contributed by atoms with E-state index < -0.39 is 17.1 Å². The summed E-state index contributed by atoms with van der Waals surface area (Å²) in [5, 5.41) is 10.3. The van der Waals surface area contributed by atoms with E-state index in [1.165, 1.54) is 16.7 Å². The molecule has 0 radical (unpaired) electrons. The standard InChI is InChI=1S/C16H15Cl2NO3S2/c1-2-10(20)12-14(21)19-13(16(22)23)11(24-15(12)19)6-7-3-4-8(17)9(18)5-7/h3-5,10,12,15,20H,2,6H2,1H3,(H,22,23)/t10-,12+,15+/m0/s1. The third kappa shape index (κ3) is 2.99. The summed E-state index contributed by atoms with van der Waals surface area (Å²) in [7, 11) is 0. The number of β-lactam (4-membered cyclic amide) rings is 1. The first-order chi connectivity index (χ1) is 11.3. The topological polar surface area (TPSA) is 57.6 Å². The van der Waals surface area contributed by atoms with Crippen LogP contribution in [0.3, 0.4) is 0 Å². The number of rotatable bonds is 5. The molecule has 2 aliphatic heterocycles. The zero-order valence-electron chi connectivity index (χ0n) is 12.7. The van der Waals surface area contributed by atoms with Gasteiger partial charge in [-0.3, -0.25) is 14.5 Å². The molecule has 2 heterocycles. The van der Waals surface area contributed by atoms with Crippen LogP contribution in [-0.2, 0) is 16.0 Å². The van der Waals surface area contributed by atoms with E-state index in [4.69, 9.17) is 23.2 Å². The molecule has 1 saturated heterocycles. The third-order valence-electron chi connectivity index (χ3n) is 4.24. The molecule has 128 valence electrons. The van der Waals surface area contributed by atoms with Crippen LogP contribution in [0.15, 0.2) is 28.8 Å². The predicted octanol–water partition coefficient (Wildman–Crippen LogP) is 3.51. The Kier molecular flexibility index (Phi) is 5.23. The zero-order valence-corrected chi connectivity index (χ0v) is 15.9. The predicted molar refractivity (Wildman–Crippen MR) is 99.2 cm³/mol.